The number of carbonyl (C=O) groups excluding carboxylic acids is 1. The van der Waals surface area contributed by atoms with Gasteiger partial charge >= 0.3 is 0 Å². The summed E-state index contributed by atoms with van der Waals surface area (Å²) in [5.74, 6) is 0.657. The van der Waals surface area contributed by atoms with Gasteiger partial charge in [-0.25, -0.2) is 5.14 Å². The lowest BCUT2D eigenvalue weighted by atomic mass is 9.83. The molecular weight excluding hydrogens is 292 g/mol. The van der Waals surface area contributed by atoms with Crippen molar-refractivity contribution in [2.45, 2.75) is 31.8 Å². The number of fused-ring (bicyclic) bond motifs is 1. The highest BCUT2D eigenvalue weighted by atomic mass is 32.2. The first-order chi connectivity index (χ1) is 9.79. The second-order valence-electron chi connectivity index (χ2n) is 5.83. The molecule has 0 saturated carbocycles. The van der Waals surface area contributed by atoms with Gasteiger partial charge in [-0.2, -0.15) is 12.7 Å². The number of aryl methyl sites for hydroxylation is 1. The van der Waals surface area contributed by atoms with Gasteiger partial charge in [0.25, 0.3) is 10.2 Å². The van der Waals surface area contributed by atoms with E-state index in [0.29, 0.717) is 30.6 Å². The average Bonchev–Trinajstić information content (AvgIpc) is 2.39. The minimum atomic E-state index is -3.67. The highest BCUT2D eigenvalue weighted by Gasteiger charge is 2.44. The first-order valence-corrected chi connectivity index (χ1v) is 8.40. The third-order valence-electron chi connectivity index (χ3n) is 4.24. The lowest BCUT2D eigenvalue weighted by molar-refractivity contribution is 0.00591. The van der Waals surface area contributed by atoms with Crippen LogP contribution in [0.5, 0.6) is 5.75 Å². The van der Waals surface area contributed by atoms with Crippen LogP contribution < -0.4 is 9.88 Å². The second kappa shape index (κ2) is 4.79. The summed E-state index contributed by atoms with van der Waals surface area (Å²) in [6.45, 7) is 2.50. The summed E-state index contributed by atoms with van der Waals surface area (Å²) >= 11 is 0. The molecule has 1 spiro atoms. The van der Waals surface area contributed by atoms with Crippen molar-refractivity contribution in [3.8, 4) is 5.75 Å². The molecule has 1 fully saturated rings. The van der Waals surface area contributed by atoms with Gasteiger partial charge in [0.1, 0.15) is 11.4 Å². The first-order valence-electron chi connectivity index (χ1n) is 6.90. The van der Waals surface area contributed by atoms with E-state index >= 15 is 0 Å². The number of benzene rings is 1. The summed E-state index contributed by atoms with van der Waals surface area (Å²) in [6.07, 6.45) is 1.24. The van der Waals surface area contributed by atoms with Crippen LogP contribution in [0.25, 0.3) is 0 Å². The molecule has 0 atom stereocenters. The Morgan fingerprint density at radius 2 is 1.95 bits per heavy atom. The maximum Gasteiger partial charge on any atom is 0.276 e. The molecule has 21 heavy (non-hydrogen) atoms. The van der Waals surface area contributed by atoms with E-state index in [9.17, 15) is 13.2 Å². The van der Waals surface area contributed by atoms with Gasteiger partial charge in [0.2, 0.25) is 0 Å². The highest BCUT2D eigenvalue weighted by Crippen LogP contribution is 2.39. The number of rotatable bonds is 1. The molecule has 0 aromatic heterocycles. The zero-order valence-electron chi connectivity index (χ0n) is 11.8. The Labute approximate surface area is 124 Å². The molecule has 114 valence electrons. The number of hydrogen-bond acceptors (Lipinski definition) is 4. The molecule has 3 rings (SSSR count). The van der Waals surface area contributed by atoms with Crippen LogP contribution >= 0.6 is 0 Å². The number of nitrogens with zero attached hydrogens (tertiary/aromatic N) is 1. The predicted octanol–water partition coefficient (Wildman–Crippen LogP) is 0.998. The molecule has 6 nitrogen and oxygen atoms in total. The van der Waals surface area contributed by atoms with Gasteiger partial charge in [-0.1, -0.05) is 11.6 Å². The Hall–Kier alpha value is -1.44. The fourth-order valence-corrected chi connectivity index (χ4v) is 3.73. The molecule has 2 aliphatic heterocycles. The van der Waals surface area contributed by atoms with Gasteiger partial charge in [-0.05, 0) is 19.1 Å². The summed E-state index contributed by atoms with van der Waals surface area (Å²) in [7, 11) is -3.67. The fourth-order valence-electron chi connectivity index (χ4n) is 3.03. The molecule has 0 radical (unpaired) electrons. The fraction of sp³-hybridized carbons (Fsp3) is 0.500. The van der Waals surface area contributed by atoms with E-state index in [1.807, 2.05) is 25.1 Å². The normalized spacial score (nSPS) is 21.9. The molecule has 1 saturated heterocycles. The quantitative estimate of drug-likeness (QED) is 0.838. The molecule has 0 aliphatic carbocycles. The molecular formula is C14H18N2O4S. The zero-order valence-corrected chi connectivity index (χ0v) is 12.6. The number of nitrogens with two attached hydrogens (primary N) is 1. The van der Waals surface area contributed by atoms with E-state index in [1.54, 1.807) is 0 Å². The van der Waals surface area contributed by atoms with Gasteiger partial charge in [0.15, 0.2) is 5.78 Å². The minimum absolute atomic E-state index is 0.0593. The number of Topliss-reactive ketones (excluding diaryl/α,β-unsaturated/α-hetero) is 1. The minimum Gasteiger partial charge on any atom is -0.486 e. The summed E-state index contributed by atoms with van der Waals surface area (Å²) in [5.41, 5.74) is 1.04. The summed E-state index contributed by atoms with van der Waals surface area (Å²) in [6, 6.07) is 5.56. The smallest absolute Gasteiger partial charge is 0.276 e. The standard InChI is InChI=1S/C14H18N2O4S/c1-10-2-3-13-11(8-10)12(17)9-14(20-13)4-6-16(7-5-14)21(15,18)19/h2-3,8H,4-7,9H2,1H3,(H2,15,18,19). The van der Waals surface area contributed by atoms with Crippen LogP contribution in [0.4, 0.5) is 0 Å². The van der Waals surface area contributed by atoms with Gasteiger partial charge in [0, 0.05) is 25.9 Å². The van der Waals surface area contributed by atoms with E-state index < -0.39 is 15.8 Å². The Balaban J connectivity index is 1.84. The number of ketones is 1. The van der Waals surface area contributed by atoms with E-state index in [-0.39, 0.29) is 18.9 Å². The third kappa shape index (κ3) is 2.68. The predicted molar refractivity (Wildman–Crippen MR) is 77.4 cm³/mol. The molecule has 7 heteroatoms. The second-order valence-corrected chi connectivity index (χ2v) is 7.37. The van der Waals surface area contributed by atoms with Gasteiger partial charge < -0.3 is 4.74 Å². The van der Waals surface area contributed by atoms with Crippen LogP contribution in [0, 0.1) is 6.92 Å². The van der Waals surface area contributed by atoms with Crippen LogP contribution in [0.3, 0.4) is 0 Å². The molecule has 1 aromatic carbocycles. The van der Waals surface area contributed by atoms with Crippen molar-refractivity contribution in [1.29, 1.82) is 0 Å². The van der Waals surface area contributed by atoms with Crippen LogP contribution in [0.15, 0.2) is 18.2 Å². The van der Waals surface area contributed by atoms with Crippen molar-refractivity contribution in [3.05, 3.63) is 29.3 Å². The topological polar surface area (TPSA) is 89.7 Å². The summed E-state index contributed by atoms with van der Waals surface area (Å²) < 4.78 is 30.0. The monoisotopic (exact) mass is 310 g/mol. The molecule has 2 N–H and O–H groups in total. The van der Waals surface area contributed by atoms with Crippen molar-refractivity contribution in [2.24, 2.45) is 5.14 Å². The number of ether oxygens (including phenoxy) is 1. The summed E-state index contributed by atoms with van der Waals surface area (Å²) in [4.78, 5) is 12.4. The van der Waals surface area contributed by atoms with Crippen LogP contribution in [0.2, 0.25) is 0 Å². The van der Waals surface area contributed by atoms with Crippen molar-refractivity contribution in [3.63, 3.8) is 0 Å². The Kier molecular flexibility index (Phi) is 3.31. The zero-order chi connectivity index (χ0) is 15.3. The lowest BCUT2D eigenvalue weighted by Crippen LogP contribution is -2.53. The van der Waals surface area contributed by atoms with Crippen molar-refractivity contribution in [2.75, 3.05) is 13.1 Å². The highest BCUT2D eigenvalue weighted by molar-refractivity contribution is 7.86. The summed E-state index contributed by atoms with van der Waals surface area (Å²) in [5, 5.41) is 5.14. The largest absolute Gasteiger partial charge is 0.486 e. The Morgan fingerprint density at radius 3 is 2.57 bits per heavy atom. The number of carbonyl (C=O) groups is 1. The van der Waals surface area contributed by atoms with Gasteiger partial charge in [-0.3, -0.25) is 4.79 Å². The third-order valence-corrected chi connectivity index (χ3v) is 5.32. The molecule has 0 unspecified atom stereocenters. The van der Waals surface area contributed by atoms with Crippen LogP contribution in [-0.4, -0.2) is 37.2 Å². The number of hydrogen-bond donors (Lipinski definition) is 1. The van der Waals surface area contributed by atoms with Gasteiger partial charge in [0.05, 0.1) is 12.0 Å². The Morgan fingerprint density at radius 1 is 1.29 bits per heavy atom. The van der Waals surface area contributed by atoms with Crippen LogP contribution in [0.1, 0.15) is 35.2 Å². The molecule has 0 bridgehead atoms. The van der Waals surface area contributed by atoms with Crippen molar-refractivity contribution < 1.29 is 17.9 Å². The average molecular weight is 310 g/mol. The first kappa shape index (κ1) is 14.5. The Bertz CT molecular complexity index is 691. The van der Waals surface area contributed by atoms with E-state index in [4.69, 9.17) is 9.88 Å². The SMILES string of the molecule is Cc1ccc2c(c1)C(=O)CC1(CCN(S(N)(=O)=O)CC1)O2. The maximum atomic E-state index is 12.4. The van der Waals surface area contributed by atoms with E-state index in [2.05, 4.69) is 0 Å². The van der Waals surface area contributed by atoms with E-state index in [0.717, 1.165) is 5.56 Å². The molecule has 2 heterocycles. The van der Waals surface area contributed by atoms with Gasteiger partial charge in [-0.15, -0.1) is 0 Å². The number of piperidine rings is 1. The maximum absolute atomic E-state index is 12.4. The molecule has 0 amide bonds. The lowest BCUT2D eigenvalue weighted by Gasteiger charge is -2.43. The van der Waals surface area contributed by atoms with Crippen molar-refractivity contribution >= 4 is 16.0 Å². The molecule has 1 aromatic rings. The molecule has 2 aliphatic rings. The van der Waals surface area contributed by atoms with Crippen molar-refractivity contribution in [1.82, 2.24) is 4.31 Å². The van der Waals surface area contributed by atoms with Crippen LogP contribution in [-0.2, 0) is 10.2 Å². The van der Waals surface area contributed by atoms with E-state index in [1.165, 1.54) is 4.31 Å².